The van der Waals surface area contributed by atoms with Gasteiger partial charge in [0.15, 0.2) is 0 Å². The number of amides is 1. The van der Waals surface area contributed by atoms with Crippen molar-refractivity contribution in [2.75, 3.05) is 23.3 Å². The van der Waals surface area contributed by atoms with Crippen LogP contribution >= 0.6 is 0 Å². The molecule has 0 bridgehead atoms. The quantitative estimate of drug-likeness (QED) is 0.653. The fourth-order valence-corrected chi connectivity index (χ4v) is 4.02. The van der Waals surface area contributed by atoms with Gasteiger partial charge >= 0.3 is 0 Å². The van der Waals surface area contributed by atoms with Crippen molar-refractivity contribution in [3.63, 3.8) is 0 Å². The van der Waals surface area contributed by atoms with Crippen molar-refractivity contribution in [2.45, 2.75) is 46.2 Å². The molecule has 1 aromatic carbocycles. The fraction of sp³-hybridized carbons (Fsp3) is 0.391. The Balaban J connectivity index is 1.63. The molecule has 2 N–H and O–H groups in total. The van der Waals surface area contributed by atoms with Crippen molar-refractivity contribution in [3.05, 3.63) is 53.2 Å². The van der Waals surface area contributed by atoms with Crippen LogP contribution in [0.1, 0.15) is 43.3 Å². The fourth-order valence-electron chi connectivity index (χ4n) is 4.02. The minimum absolute atomic E-state index is 0.0151. The highest BCUT2D eigenvalue weighted by Gasteiger charge is 2.24. The molecule has 4 rings (SSSR count). The molecular formula is C23H27FN6O. The number of pyridine rings is 1. The third kappa shape index (κ3) is 4.57. The van der Waals surface area contributed by atoms with Crippen LogP contribution in [-0.4, -0.2) is 40.0 Å². The van der Waals surface area contributed by atoms with Crippen molar-refractivity contribution >= 4 is 28.4 Å². The predicted octanol–water partition coefficient (Wildman–Crippen LogP) is 3.67. The SMILES string of the molecule is CC(=O)N[C@@H]1CCN(c2cc3c(N[C@H](C)c4ccc(F)c(C)c4)nc(C)nc3cn2)C1. The Morgan fingerprint density at radius 2 is 2.06 bits per heavy atom. The molecule has 3 heterocycles. The van der Waals surface area contributed by atoms with E-state index in [2.05, 4.69) is 30.5 Å². The van der Waals surface area contributed by atoms with Crippen molar-refractivity contribution < 1.29 is 9.18 Å². The molecule has 8 heteroatoms. The maximum Gasteiger partial charge on any atom is 0.217 e. The Kier molecular flexibility index (Phi) is 5.71. The second-order valence-electron chi connectivity index (χ2n) is 8.19. The predicted molar refractivity (Wildman–Crippen MR) is 120 cm³/mol. The summed E-state index contributed by atoms with van der Waals surface area (Å²) in [6, 6.07) is 7.19. The number of benzene rings is 1. The summed E-state index contributed by atoms with van der Waals surface area (Å²) in [5.74, 6) is 1.98. The number of hydrogen-bond acceptors (Lipinski definition) is 6. The largest absolute Gasteiger partial charge is 0.363 e. The van der Waals surface area contributed by atoms with Gasteiger partial charge in [-0.2, -0.15) is 0 Å². The summed E-state index contributed by atoms with van der Waals surface area (Å²) in [7, 11) is 0. The zero-order valence-electron chi connectivity index (χ0n) is 18.2. The molecule has 1 amide bonds. The van der Waals surface area contributed by atoms with Gasteiger partial charge in [-0.05, 0) is 50.5 Å². The van der Waals surface area contributed by atoms with Gasteiger partial charge in [-0.1, -0.05) is 12.1 Å². The van der Waals surface area contributed by atoms with Crippen LogP contribution < -0.4 is 15.5 Å². The second kappa shape index (κ2) is 8.45. The van der Waals surface area contributed by atoms with E-state index in [9.17, 15) is 9.18 Å². The van der Waals surface area contributed by atoms with Gasteiger partial charge in [0, 0.05) is 37.5 Å². The topological polar surface area (TPSA) is 83.0 Å². The number of fused-ring (bicyclic) bond motifs is 1. The molecule has 1 saturated heterocycles. The number of halogens is 1. The van der Waals surface area contributed by atoms with E-state index in [1.54, 1.807) is 26.1 Å². The van der Waals surface area contributed by atoms with Crippen LogP contribution in [0.25, 0.3) is 10.9 Å². The van der Waals surface area contributed by atoms with Gasteiger partial charge in [-0.25, -0.2) is 19.3 Å². The average molecular weight is 423 g/mol. The number of carbonyl (C=O) groups excluding carboxylic acids is 1. The zero-order valence-corrected chi connectivity index (χ0v) is 18.2. The van der Waals surface area contributed by atoms with E-state index >= 15 is 0 Å². The normalized spacial score (nSPS) is 17.1. The van der Waals surface area contributed by atoms with Gasteiger partial charge in [0.2, 0.25) is 5.91 Å². The Hall–Kier alpha value is -3.29. The first-order valence-corrected chi connectivity index (χ1v) is 10.5. The highest BCUT2D eigenvalue weighted by Crippen LogP contribution is 2.29. The number of carbonyl (C=O) groups is 1. The van der Waals surface area contributed by atoms with E-state index in [0.717, 1.165) is 47.6 Å². The molecule has 2 atom stereocenters. The van der Waals surface area contributed by atoms with E-state index in [-0.39, 0.29) is 23.8 Å². The molecule has 31 heavy (non-hydrogen) atoms. The standard InChI is InChI=1S/C23H27FN6O/c1-13-9-17(5-6-20(13)24)14(2)26-23-19-10-22(25-11-21(19)27-15(3)28-23)30-8-7-18(12-30)29-16(4)31/h5-6,9-11,14,18H,7-8,12H2,1-4H3,(H,29,31)(H,26,27,28)/t14-,18-/m1/s1. The summed E-state index contributed by atoms with van der Waals surface area (Å²) in [6.07, 6.45) is 2.65. The number of anilines is 2. The van der Waals surface area contributed by atoms with Crippen LogP contribution in [0.15, 0.2) is 30.5 Å². The first-order chi connectivity index (χ1) is 14.8. The lowest BCUT2D eigenvalue weighted by Crippen LogP contribution is -2.35. The summed E-state index contributed by atoms with van der Waals surface area (Å²) in [4.78, 5) is 27.3. The molecule has 2 aromatic heterocycles. The number of aryl methyl sites for hydroxylation is 2. The molecule has 0 saturated carbocycles. The van der Waals surface area contributed by atoms with Gasteiger partial charge < -0.3 is 15.5 Å². The van der Waals surface area contributed by atoms with Crippen LogP contribution in [0.3, 0.4) is 0 Å². The lowest BCUT2D eigenvalue weighted by molar-refractivity contribution is -0.119. The van der Waals surface area contributed by atoms with Crippen molar-refractivity contribution in [2.24, 2.45) is 0 Å². The minimum atomic E-state index is -0.210. The van der Waals surface area contributed by atoms with Crippen LogP contribution in [0.4, 0.5) is 16.0 Å². The number of rotatable bonds is 5. The van der Waals surface area contributed by atoms with Crippen molar-refractivity contribution in [3.8, 4) is 0 Å². The van der Waals surface area contributed by atoms with Crippen LogP contribution in [0.2, 0.25) is 0 Å². The highest BCUT2D eigenvalue weighted by molar-refractivity contribution is 5.90. The lowest BCUT2D eigenvalue weighted by atomic mass is 10.1. The molecule has 0 unspecified atom stereocenters. The van der Waals surface area contributed by atoms with E-state index in [1.165, 1.54) is 6.07 Å². The van der Waals surface area contributed by atoms with Crippen LogP contribution in [0.5, 0.6) is 0 Å². The van der Waals surface area contributed by atoms with E-state index in [4.69, 9.17) is 0 Å². The first kappa shape index (κ1) is 21.0. The van der Waals surface area contributed by atoms with E-state index in [0.29, 0.717) is 11.4 Å². The molecule has 1 fully saturated rings. The molecular weight excluding hydrogens is 395 g/mol. The lowest BCUT2D eigenvalue weighted by Gasteiger charge is -2.20. The van der Waals surface area contributed by atoms with E-state index < -0.39 is 0 Å². The third-order valence-corrected chi connectivity index (χ3v) is 5.63. The maximum atomic E-state index is 13.7. The van der Waals surface area contributed by atoms with Gasteiger partial charge in [0.05, 0.1) is 11.7 Å². The second-order valence-corrected chi connectivity index (χ2v) is 8.19. The average Bonchev–Trinajstić information content (AvgIpc) is 3.17. The summed E-state index contributed by atoms with van der Waals surface area (Å²) in [6.45, 7) is 8.72. The number of aromatic nitrogens is 3. The monoisotopic (exact) mass is 422 g/mol. The van der Waals surface area contributed by atoms with Crippen LogP contribution in [0, 0.1) is 19.7 Å². The third-order valence-electron chi connectivity index (χ3n) is 5.63. The van der Waals surface area contributed by atoms with Gasteiger partial charge in [0.25, 0.3) is 0 Å². The molecule has 0 spiro atoms. The molecule has 7 nitrogen and oxygen atoms in total. The van der Waals surface area contributed by atoms with Crippen LogP contribution in [-0.2, 0) is 4.79 Å². The number of nitrogens with one attached hydrogen (secondary N) is 2. The van der Waals surface area contributed by atoms with Gasteiger partial charge in [-0.15, -0.1) is 0 Å². The molecule has 1 aliphatic heterocycles. The number of hydrogen-bond donors (Lipinski definition) is 2. The summed E-state index contributed by atoms with van der Waals surface area (Å²) in [5.41, 5.74) is 2.36. The maximum absolute atomic E-state index is 13.7. The molecule has 0 radical (unpaired) electrons. The summed E-state index contributed by atoms with van der Waals surface area (Å²) in [5, 5.41) is 7.32. The molecule has 0 aliphatic carbocycles. The summed E-state index contributed by atoms with van der Waals surface area (Å²) < 4.78 is 13.7. The Labute approximate surface area is 181 Å². The smallest absolute Gasteiger partial charge is 0.217 e. The zero-order chi connectivity index (χ0) is 22.1. The van der Waals surface area contributed by atoms with Crippen molar-refractivity contribution in [1.29, 1.82) is 0 Å². The Morgan fingerprint density at radius 1 is 1.26 bits per heavy atom. The number of nitrogens with zero attached hydrogens (tertiary/aromatic N) is 4. The van der Waals surface area contributed by atoms with Gasteiger partial charge in [-0.3, -0.25) is 4.79 Å². The van der Waals surface area contributed by atoms with E-state index in [1.807, 2.05) is 26.0 Å². The summed E-state index contributed by atoms with van der Waals surface area (Å²) >= 11 is 0. The molecule has 3 aromatic rings. The van der Waals surface area contributed by atoms with Gasteiger partial charge in [0.1, 0.15) is 23.3 Å². The minimum Gasteiger partial charge on any atom is -0.363 e. The molecule has 1 aliphatic rings. The molecule has 162 valence electrons. The Morgan fingerprint density at radius 3 is 2.81 bits per heavy atom. The Bertz CT molecular complexity index is 1130. The highest BCUT2D eigenvalue weighted by atomic mass is 19.1. The van der Waals surface area contributed by atoms with Crippen molar-refractivity contribution in [1.82, 2.24) is 20.3 Å². The first-order valence-electron chi connectivity index (χ1n) is 10.5.